The molecular weight excluding hydrogens is 206 g/mol. The summed E-state index contributed by atoms with van der Waals surface area (Å²) in [6.07, 6.45) is 0.825. The minimum atomic E-state index is -0.509. The summed E-state index contributed by atoms with van der Waals surface area (Å²) in [7, 11) is 0. The van der Waals surface area contributed by atoms with Crippen molar-refractivity contribution in [1.82, 2.24) is 10.2 Å². The lowest BCUT2D eigenvalue weighted by molar-refractivity contribution is -0.138. The first-order valence-corrected chi connectivity index (χ1v) is 5.63. The average Bonchev–Trinajstić information content (AvgIpc) is 2.64. The van der Waals surface area contributed by atoms with E-state index in [0.29, 0.717) is 19.6 Å². The zero-order chi connectivity index (χ0) is 12.3. The summed E-state index contributed by atoms with van der Waals surface area (Å²) in [5.74, 6) is 0.0280. The van der Waals surface area contributed by atoms with E-state index in [1.54, 1.807) is 4.90 Å². The lowest BCUT2D eigenvalue weighted by Crippen LogP contribution is -2.45. The van der Waals surface area contributed by atoms with Gasteiger partial charge in [0.25, 0.3) is 0 Å². The van der Waals surface area contributed by atoms with Gasteiger partial charge >= 0.3 is 0 Å². The predicted molar refractivity (Wildman–Crippen MR) is 61.6 cm³/mol. The molecule has 0 aromatic rings. The van der Waals surface area contributed by atoms with Crippen molar-refractivity contribution in [3.8, 4) is 0 Å². The Morgan fingerprint density at radius 2 is 2.12 bits per heavy atom. The molecule has 1 fully saturated rings. The number of hydrogen-bond acceptors (Lipinski definition) is 3. The van der Waals surface area contributed by atoms with Gasteiger partial charge in [0, 0.05) is 32.6 Å². The Bertz CT molecular complexity index is 289. The van der Waals surface area contributed by atoms with Gasteiger partial charge in [-0.3, -0.25) is 9.59 Å². The standard InChI is InChI=1S/C11H21N3O2/c1-8(15)13-9-4-5-14(6-9)10(16)11(2,3)7-12/h9H,4-7,12H2,1-3H3,(H,13,15). The van der Waals surface area contributed by atoms with Crippen molar-refractivity contribution in [2.45, 2.75) is 33.2 Å². The number of likely N-dealkylation sites (tertiary alicyclic amines) is 1. The molecular formula is C11H21N3O2. The fourth-order valence-electron chi connectivity index (χ4n) is 1.87. The number of carbonyl (C=O) groups excluding carboxylic acids is 2. The number of carbonyl (C=O) groups is 2. The van der Waals surface area contributed by atoms with Crippen molar-refractivity contribution in [2.24, 2.45) is 11.1 Å². The molecule has 92 valence electrons. The van der Waals surface area contributed by atoms with Crippen molar-refractivity contribution in [3.05, 3.63) is 0 Å². The zero-order valence-corrected chi connectivity index (χ0v) is 10.2. The van der Waals surface area contributed by atoms with Crippen LogP contribution in [-0.4, -0.2) is 42.4 Å². The van der Waals surface area contributed by atoms with Gasteiger partial charge in [-0.05, 0) is 20.3 Å². The Morgan fingerprint density at radius 3 is 2.62 bits per heavy atom. The molecule has 1 rings (SSSR count). The third kappa shape index (κ3) is 2.95. The maximum absolute atomic E-state index is 12.1. The second kappa shape index (κ2) is 4.82. The molecule has 0 aliphatic carbocycles. The first-order chi connectivity index (χ1) is 7.36. The van der Waals surface area contributed by atoms with Crippen LogP contribution in [0.2, 0.25) is 0 Å². The topological polar surface area (TPSA) is 75.4 Å². The van der Waals surface area contributed by atoms with E-state index < -0.39 is 5.41 Å². The van der Waals surface area contributed by atoms with Gasteiger partial charge in [-0.15, -0.1) is 0 Å². The van der Waals surface area contributed by atoms with Gasteiger partial charge in [0.1, 0.15) is 0 Å². The molecule has 1 saturated heterocycles. The Morgan fingerprint density at radius 1 is 1.50 bits per heavy atom. The molecule has 0 radical (unpaired) electrons. The number of nitrogens with one attached hydrogen (secondary N) is 1. The third-order valence-electron chi connectivity index (χ3n) is 2.97. The van der Waals surface area contributed by atoms with Crippen molar-refractivity contribution < 1.29 is 9.59 Å². The van der Waals surface area contributed by atoms with Gasteiger partial charge in [-0.2, -0.15) is 0 Å². The molecule has 1 heterocycles. The van der Waals surface area contributed by atoms with Crippen LogP contribution in [0.15, 0.2) is 0 Å². The highest BCUT2D eigenvalue weighted by atomic mass is 16.2. The number of nitrogens with two attached hydrogens (primary N) is 1. The SMILES string of the molecule is CC(=O)NC1CCN(C(=O)C(C)(C)CN)C1. The first-order valence-electron chi connectivity index (χ1n) is 5.63. The summed E-state index contributed by atoms with van der Waals surface area (Å²) in [4.78, 5) is 24.7. The summed E-state index contributed by atoms with van der Waals surface area (Å²) >= 11 is 0. The van der Waals surface area contributed by atoms with Crippen LogP contribution in [0.25, 0.3) is 0 Å². The van der Waals surface area contributed by atoms with Crippen LogP contribution in [0.5, 0.6) is 0 Å². The van der Waals surface area contributed by atoms with Crippen LogP contribution in [0.4, 0.5) is 0 Å². The van der Waals surface area contributed by atoms with Crippen molar-refractivity contribution >= 4 is 11.8 Å². The molecule has 0 bridgehead atoms. The summed E-state index contributed by atoms with van der Waals surface area (Å²) < 4.78 is 0. The van der Waals surface area contributed by atoms with Crippen molar-refractivity contribution in [3.63, 3.8) is 0 Å². The summed E-state index contributed by atoms with van der Waals surface area (Å²) in [6, 6.07) is 0.0926. The van der Waals surface area contributed by atoms with E-state index >= 15 is 0 Å². The number of rotatable bonds is 3. The maximum atomic E-state index is 12.1. The second-order valence-corrected chi connectivity index (χ2v) is 5.03. The van der Waals surface area contributed by atoms with Gasteiger partial charge in [-0.1, -0.05) is 0 Å². The average molecular weight is 227 g/mol. The van der Waals surface area contributed by atoms with E-state index in [9.17, 15) is 9.59 Å². The zero-order valence-electron chi connectivity index (χ0n) is 10.2. The minimum absolute atomic E-state index is 0.0441. The minimum Gasteiger partial charge on any atom is -0.352 e. The van der Waals surface area contributed by atoms with Gasteiger partial charge in [0.15, 0.2) is 0 Å². The molecule has 3 N–H and O–H groups in total. The summed E-state index contributed by atoms with van der Waals surface area (Å²) in [6.45, 7) is 6.83. The first kappa shape index (κ1) is 13.0. The molecule has 0 spiro atoms. The lowest BCUT2D eigenvalue weighted by atomic mass is 9.92. The van der Waals surface area contributed by atoms with Crippen molar-refractivity contribution in [1.29, 1.82) is 0 Å². The molecule has 5 heteroatoms. The molecule has 1 atom stereocenters. The molecule has 16 heavy (non-hydrogen) atoms. The fraction of sp³-hybridized carbons (Fsp3) is 0.818. The van der Waals surface area contributed by atoms with Gasteiger partial charge in [0.2, 0.25) is 11.8 Å². The van der Waals surface area contributed by atoms with E-state index in [1.165, 1.54) is 6.92 Å². The monoisotopic (exact) mass is 227 g/mol. The van der Waals surface area contributed by atoms with Crippen LogP contribution >= 0.6 is 0 Å². The summed E-state index contributed by atoms with van der Waals surface area (Å²) in [5, 5.41) is 2.83. The molecule has 2 amide bonds. The lowest BCUT2D eigenvalue weighted by Gasteiger charge is -2.27. The predicted octanol–water partition coefficient (Wildman–Crippen LogP) is -0.292. The molecule has 0 aromatic carbocycles. The maximum Gasteiger partial charge on any atom is 0.229 e. The van der Waals surface area contributed by atoms with Crippen LogP contribution in [-0.2, 0) is 9.59 Å². The number of amides is 2. The molecule has 5 nitrogen and oxygen atoms in total. The highest BCUT2D eigenvalue weighted by Crippen LogP contribution is 2.20. The van der Waals surface area contributed by atoms with Gasteiger partial charge in [0.05, 0.1) is 5.41 Å². The summed E-state index contributed by atoms with van der Waals surface area (Å²) in [5.41, 5.74) is 5.06. The van der Waals surface area contributed by atoms with Crippen LogP contribution in [0.1, 0.15) is 27.2 Å². The van der Waals surface area contributed by atoms with E-state index in [-0.39, 0.29) is 17.9 Å². The van der Waals surface area contributed by atoms with E-state index in [2.05, 4.69) is 5.32 Å². The molecule has 1 unspecified atom stereocenters. The van der Waals surface area contributed by atoms with Crippen molar-refractivity contribution in [2.75, 3.05) is 19.6 Å². The van der Waals surface area contributed by atoms with Gasteiger partial charge in [-0.25, -0.2) is 0 Å². The Labute approximate surface area is 96.4 Å². The third-order valence-corrected chi connectivity index (χ3v) is 2.97. The Hall–Kier alpha value is -1.10. The molecule has 1 aliphatic rings. The second-order valence-electron chi connectivity index (χ2n) is 5.03. The smallest absolute Gasteiger partial charge is 0.229 e. The van der Waals surface area contributed by atoms with Crippen LogP contribution in [0, 0.1) is 5.41 Å². The van der Waals surface area contributed by atoms with E-state index in [1.807, 2.05) is 13.8 Å². The fourth-order valence-corrected chi connectivity index (χ4v) is 1.87. The largest absolute Gasteiger partial charge is 0.352 e. The van der Waals surface area contributed by atoms with E-state index in [4.69, 9.17) is 5.73 Å². The normalized spacial score (nSPS) is 21.0. The highest BCUT2D eigenvalue weighted by molar-refractivity contribution is 5.82. The van der Waals surface area contributed by atoms with Crippen LogP contribution in [0.3, 0.4) is 0 Å². The molecule has 0 saturated carbocycles. The Balaban J connectivity index is 2.53. The number of hydrogen-bond donors (Lipinski definition) is 2. The van der Waals surface area contributed by atoms with Crippen LogP contribution < -0.4 is 11.1 Å². The Kier molecular flexibility index (Phi) is 3.91. The molecule has 1 aliphatic heterocycles. The molecule has 0 aromatic heterocycles. The van der Waals surface area contributed by atoms with E-state index in [0.717, 1.165) is 6.42 Å². The quantitative estimate of drug-likeness (QED) is 0.695. The van der Waals surface area contributed by atoms with Gasteiger partial charge < -0.3 is 16.0 Å². The number of nitrogens with zero attached hydrogens (tertiary/aromatic N) is 1. The highest BCUT2D eigenvalue weighted by Gasteiger charge is 2.34.